The molecule has 2 heterocycles. The fraction of sp³-hybridized carbons (Fsp3) is 0.400. The Balaban J connectivity index is 1.58. The van der Waals surface area contributed by atoms with Crippen molar-refractivity contribution in [2.24, 2.45) is 0 Å². The first kappa shape index (κ1) is 21.4. The molecule has 6 heteroatoms. The molecule has 0 aromatic heterocycles. The smallest absolute Gasteiger partial charge is 0.231 e. The van der Waals surface area contributed by atoms with Crippen molar-refractivity contribution in [2.75, 3.05) is 45.0 Å². The second-order valence-corrected chi connectivity index (χ2v) is 7.89. The van der Waals surface area contributed by atoms with Gasteiger partial charge in [-0.05, 0) is 50.6 Å². The lowest BCUT2D eigenvalue weighted by molar-refractivity contribution is 0.0649. The van der Waals surface area contributed by atoms with Crippen LogP contribution in [0.5, 0.6) is 11.5 Å². The molecule has 0 radical (unpaired) electrons. The van der Waals surface area contributed by atoms with Crippen LogP contribution < -0.4 is 14.4 Å². The van der Waals surface area contributed by atoms with Gasteiger partial charge in [0.25, 0.3) is 0 Å². The summed E-state index contributed by atoms with van der Waals surface area (Å²) in [6.45, 7) is 10.8. The van der Waals surface area contributed by atoms with Crippen LogP contribution in [-0.4, -0.2) is 50.8 Å². The largest absolute Gasteiger partial charge is 0.477 e. The molecule has 0 saturated carbocycles. The fourth-order valence-corrected chi connectivity index (χ4v) is 4.18. The Hall–Kier alpha value is -2.83. The Labute approximate surface area is 184 Å². The predicted octanol–water partition coefficient (Wildman–Crippen LogP) is 4.26. The molecule has 2 aromatic carbocycles. The molecule has 0 saturated heterocycles. The zero-order valence-electron chi connectivity index (χ0n) is 18.7. The van der Waals surface area contributed by atoms with Crippen molar-refractivity contribution >= 4 is 17.5 Å². The van der Waals surface area contributed by atoms with E-state index >= 15 is 0 Å². The molecule has 0 unspecified atom stereocenters. The lowest BCUT2D eigenvalue weighted by atomic mass is 10.00. The van der Waals surface area contributed by atoms with Crippen LogP contribution in [0.15, 0.2) is 36.1 Å². The van der Waals surface area contributed by atoms with Crippen LogP contribution in [0.1, 0.15) is 40.9 Å². The average molecular weight is 423 g/mol. The summed E-state index contributed by atoms with van der Waals surface area (Å²) in [6.07, 6.45) is 1.82. The van der Waals surface area contributed by atoms with E-state index in [-0.39, 0.29) is 5.78 Å². The van der Waals surface area contributed by atoms with E-state index in [1.54, 1.807) is 7.11 Å². The number of anilines is 1. The fourth-order valence-electron chi connectivity index (χ4n) is 4.18. The van der Waals surface area contributed by atoms with E-state index < -0.39 is 0 Å². The molecule has 31 heavy (non-hydrogen) atoms. The van der Waals surface area contributed by atoms with Crippen LogP contribution in [0.25, 0.3) is 6.08 Å². The number of rotatable bonds is 7. The van der Waals surface area contributed by atoms with Gasteiger partial charge in [-0.25, -0.2) is 0 Å². The molecule has 0 amide bonds. The first-order valence-corrected chi connectivity index (χ1v) is 10.9. The third kappa shape index (κ3) is 4.18. The highest BCUT2D eigenvalue weighted by molar-refractivity contribution is 6.15. The Kier molecular flexibility index (Phi) is 6.30. The Morgan fingerprint density at radius 1 is 1.16 bits per heavy atom. The van der Waals surface area contributed by atoms with Crippen molar-refractivity contribution in [1.82, 2.24) is 4.90 Å². The number of benzene rings is 2. The molecule has 4 rings (SSSR count). The third-order valence-corrected chi connectivity index (χ3v) is 5.93. The number of fused-ring (bicyclic) bond motifs is 2. The normalized spacial score (nSPS) is 16.6. The molecular formula is C25H30N2O4. The van der Waals surface area contributed by atoms with Crippen molar-refractivity contribution < 1.29 is 19.0 Å². The molecule has 0 fully saturated rings. The number of ketones is 1. The third-order valence-electron chi connectivity index (χ3n) is 5.93. The van der Waals surface area contributed by atoms with Gasteiger partial charge in [0.2, 0.25) is 5.78 Å². The average Bonchev–Trinajstić information content (AvgIpc) is 3.10. The van der Waals surface area contributed by atoms with Gasteiger partial charge < -0.3 is 19.1 Å². The van der Waals surface area contributed by atoms with Crippen LogP contribution in [0.2, 0.25) is 0 Å². The van der Waals surface area contributed by atoms with E-state index in [0.29, 0.717) is 30.4 Å². The Morgan fingerprint density at radius 3 is 2.58 bits per heavy atom. The Morgan fingerprint density at radius 2 is 1.90 bits per heavy atom. The molecule has 2 aliphatic heterocycles. The van der Waals surface area contributed by atoms with Gasteiger partial charge >= 0.3 is 0 Å². The zero-order valence-corrected chi connectivity index (χ0v) is 18.7. The van der Waals surface area contributed by atoms with E-state index in [0.717, 1.165) is 48.6 Å². The Bertz CT molecular complexity index is 994. The summed E-state index contributed by atoms with van der Waals surface area (Å²) in [5.41, 5.74) is 4.62. The van der Waals surface area contributed by atoms with Crippen LogP contribution in [-0.2, 0) is 11.3 Å². The molecule has 2 aromatic rings. The van der Waals surface area contributed by atoms with Crippen LogP contribution in [0, 0.1) is 6.92 Å². The number of hydrogen-bond donors (Lipinski definition) is 0. The molecule has 0 bridgehead atoms. The second-order valence-electron chi connectivity index (χ2n) is 7.89. The molecule has 0 spiro atoms. The van der Waals surface area contributed by atoms with Gasteiger partial charge in [0.05, 0.1) is 12.2 Å². The van der Waals surface area contributed by atoms with Gasteiger partial charge in [0, 0.05) is 50.1 Å². The van der Waals surface area contributed by atoms with Crippen LogP contribution in [0.4, 0.5) is 5.69 Å². The van der Waals surface area contributed by atoms with Gasteiger partial charge in [0.1, 0.15) is 18.2 Å². The summed E-state index contributed by atoms with van der Waals surface area (Å²) < 4.78 is 17.2. The molecule has 2 aliphatic rings. The number of carbonyl (C=O) groups excluding carboxylic acids is 1. The maximum absolute atomic E-state index is 13.1. The van der Waals surface area contributed by atoms with Crippen molar-refractivity contribution in [2.45, 2.75) is 27.3 Å². The van der Waals surface area contributed by atoms with Crippen molar-refractivity contribution in [3.05, 3.63) is 58.3 Å². The molecule has 0 atom stereocenters. The van der Waals surface area contributed by atoms with E-state index in [2.05, 4.69) is 35.8 Å². The first-order chi connectivity index (χ1) is 15.0. The van der Waals surface area contributed by atoms with Crippen LogP contribution >= 0.6 is 0 Å². The van der Waals surface area contributed by atoms with E-state index in [9.17, 15) is 4.79 Å². The summed E-state index contributed by atoms with van der Waals surface area (Å²) in [7, 11) is 1.69. The number of hydrogen-bond acceptors (Lipinski definition) is 6. The van der Waals surface area contributed by atoms with E-state index in [4.69, 9.17) is 14.2 Å². The number of nitrogens with zero attached hydrogens (tertiary/aromatic N) is 2. The minimum atomic E-state index is -0.0808. The number of ether oxygens (including phenoxy) is 3. The molecule has 164 valence electrons. The zero-order chi connectivity index (χ0) is 22.0. The van der Waals surface area contributed by atoms with E-state index in [1.807, 2.05) is 31.2 Å². The van der Waals surface area contributed by atoms with Crippen molar-refractivity contribution in [3.8, 4) is 11.5 Å². The lowest BCUT2D eigenvalue weighted by Crippen LogP contribution is -2.34. The first-order valence-electron chi connectivity index (χ1n) is 10.9. The number of carbonyl (C=O) groups is 1. The molecule has 6 nitrogen and oxygen atoms in total. The second kappa shape index (κ2) is 9.12. The summed E-state index contributed by atoms with van der Waals surface area (Å²) in [5.74, 6) is 1.71. The number of Topliss-reactive ketones (excluding diaryl/α,β-unsaturated/α-hetero) is 1. The minimum Gasteiger partial charge on any atom is -0.477 e. The van der Waals surface area contributed by atoms with E-state index in [1.165, 1.54) is 5.69 Å². The van der Waals surface area contributed by atoms with Gasteiger partial charge in [-0.1, -0.05) is 12.1 Å². The standard InChI is InChI=1S/C25H30N2O4/c1-5-27(6-2)20-9-7-18(8-10-20)13-22-23(28)21-14-19-15-26(11-12-29-4)16-30-24(19)17(3)25(21)31-22/h7-10,13-14H,5-6,11-12,15-16H2,1-4H3/b22-13-. The van der Waals surface area contributed by atoms with Gasteiger partial charge in [0.15, 0.2) is 5.76 Å². The maximum atomic E-state index is 13.1. The monoisotopic (exact) mass is 422 g/mol. The highest BCUT2D eigenvalue weighted by Gasteiger charge is 2.33. The molecule has 0 N–H and O–H groups in total. The predicted molar refractivity (Wildman–Crippen MR) is 122 cm³/mol. The van der Waals surface area contributed by atoms with Gasteiger partial charge in [-0.3, -0.25) is 9.69 Å². The highest BCUT2D eigenvalue weighted by Crippen LogP contribution is 2.43. The summed E-state index contributed by atoms with van der Waals surface area (Å²) >= 11 is 0. The van der Waals surface area contributed by atoms with Gasteiger partial charge in [-0.15, -0.1) is 0 Å². The summed E-state index contributed by atoms with van der Waals surface area (Å²) in [4.78, 5) is 17.5. The minimum absolute atomic E-state index is 0.0808. The summed E-state index contributed by atoms with van der Waals surface area (Å²) in [6, 6.07) is 10.1. The van der Waals surface area contributed by atoms with Gasteiger partial charge in [-0.2, -0.15) is 0 Å². The van der Waals surface area contributed by atoms with Crippen LogP contribution in [0.3, 0.4) is 0 Å². The topological polar surface area (TPSA) is 51.2 Å². The number of allylic oxidation sites excluding steroid dienone is 1. The quantitative estimate of drug-likeness (QED) is 0.622. The molecule has 0 aliphatic carbocycles. The SMILES string of the molecule is CCN(CC)c1ccc(/C=C2\Oc3c(cc4c(c3C)OCN(CCOC)C4)C2=O)cc1. The molecular weight excluding hydrogens is 392 g/mol. The lowest BCUT2D eigenvalue weighted by Gasteiger charge is -2.30. The highest BCUT2D eigenvalue weighted by atomic mass is 16.5. The maximum Gasteiger partial charge on any atom is 0.231 e. The van der Waals surface area contributed by atoms with Crippen molar-refractivity contribution in [1.29, 1.82) is 0 Å². The summed E-state index contributed by atoms with van der Waals surface area (Å²) in [5, 5.41) is 0. The number of methoxy groups -OCH3 is 1. The van der Waals surface area contributed by atoms with Crippen molar-refractivity contribution in [3.63, 3.8) is 0 Å².